The van der Waals surface area contributed by atoms with Crippen LogP contribution in [-0.2, 0) is 16.0 Å². The third-order valence-electron chi connectivity index (χ3n) is 4.24. The quantitative estimate of drug-likeness (QED) is 0.658. The molecule has 0 saturated carbocycles. The third-order valence-corrected chi connectivity index (χ3v) is 4.24. The van der Waals surface area contributed by atoms with Gasteiger partial charge in [-0.2, -0.15) is 0 Å². The number of methoxy groups -OCH3 is 1. The Labute approximate surface area is 164 Å². The molecule has 0 unspecified atom stereocenters. The van der Waals surface area contributed by atoms with Gasteiger partial charge in [-0.1, -0.05) is 0 Å². The molecule has 1 N–H and O–H groups in total. The van der Waals surface area contributed by atoms with Gasteiger partial charge < -0.3 is 24.3 Å². The van der Waals surface area contributed by atoms with Gasteiger partial charge in [0.15, 0.2) is 0 Å². The molecule has 8 nitrogen and oxygen atoms in total. The fourth-order valence-electron chi connectivity index (χ4n) is 2.70. The second-order valence-electron chi connectivity index (χ2n) is 6.34. The number of hydrogen-bond donors (Lipinski definition) is 1. The molecule has 0 atom stereocenters. The Morgan fingerprint density at radius 1 is 1.18 bits per heavy atom. The molecule has 150 valence electrons. The number of amides is 1. The van der Waals surface area contributed by atoms with E-state index in [1.54, 1.807) is 31.5 Å². The molecule has 0 aliphatic carbocycles. The standard InChI is InChI=1S/C20H25N3O5/c1-25-10-11-27-19-12-15(4-7-21-19)13-23-20(24)16-2-3-18(22-14-16)28-17-5-8-26-9-6-17/h2-4,7,12,14,17H,5-6,8-11,13H2,1H3,(H,23,24). The normalized spacial score (nSPS) is 14.5. The Morgan fingerprint density at radius 3 is 2.79 bits per heavy atom. The van der Waals surface area contributed by atoms with Gasteiger partial charge in [0.25, 0.3) is 5.91 Å². The molecule has 1 saturated heterocycles. The smallest absolute Gasteiger partial charge is 0.253 e. The summed E-state index contributed by atoms with van der Waals surface area (Å²) in [4.78, 5) is 20.7. The molecule has 1 fully saturated rings. The summed E-state index contributed by atoms with van der Waals surface area (Å²) >= 11 is 0. The van der Waals surface area contributed by atoms with Crippen LogP contribution in [0.3, 0.4) is 0 Å². The summed E-state index contributed by atoms with van der Waals surface area (Å²) < 4.78 is 21.5. The van der Waals surface area contributed by atoms with E-state index >= 15 is 0 Å². The van der Waals surface area contributed by atoms with Crippen LogP contribution in [0.2, 0.25) is 0 Å². The van der Waals surface area contributed by atoms with E-state index < -0.39 is 0 Å². The zero-order valence-electron chi connectivity index (χ0n) is 15.9. The predicted octanol–water partition coefficient (Wildman–Crippen LogP) is 1.99. The van der Waals surface area contributed by atoms with E-state index in [0.29, 0.717) is 50.3 Å². The Morgan fingerprint density at radius 2 is 2.04 bits per heavy atom. The first-order valence-corrected chi connectivity index (χ1v) is 9.30. The Bertz CT molecular complexity index is 748. The van der Waals surface area contributed by atoms with Crippen molar-refractivity contribution >= 4 is 5.91 Å². The highest BCUT2D eigenvalue weighted by Crippen LogP contribution is 2.16. The molecular weight excluding hydrogens is 362 g/mol. The van der Waals surface area contributed by atoms with E-state index in [9.17, 15) is 4.79 Å². The van der Waals surface area contributed by atoms with Crippen molar-refractivity contribution in [1.29, 1.82) is 0 Å². The van der Waals surface area contributed by atoms with Gasteiger partial charge >= 0.3 is 0 Å². The maximum absolute atomic E-state index is 12.3. The Hall–Kier alpha value is -2.71. The summed E-state index contributed by atoms with van der Waals surface area (Å²) in [6.07, 6.45) is 5.00. The summed E-state index contributed by atoms with van der Waals surface area (Å²) in [5, 5.41) is 2.87. The highest BCUT2D eigenvalue weighted by Gasteiger charge is 2.16. The molecule has 3 heterocycles. The van der Waals surface area contributed by atoms with Crippen molar-refractivity contribution in [3.8, 4) is 11.8 Å². The molecule has 0 bridgehead atoms. The van der Waals surface area contributed by atoms with Gasteiger partial charge in [0.2, 0.25) is 11.8 Å². The molecule has 0 aromatic carbocycles. The summed E-state index contributed by atoms with van der Waals surface area (Å²) in [6, 6.07) is 7.05. The molecule has 1 aliphatic rings. The summed E-state index contributed by atoms with van der Waals surface area (Å²) in [5.74, 6) is 0.819. The highest BCUT2D eigenvalue weighted by atomic mass is 16.5. The van der Waals surface area contributed by atoms with Crippen LogP contribution in [0.15, 0.2) is 36.7 Å². The van der Waals surface area contributed by atoms with Crippen LogP contribution in [0, 0.1) is 0 Å². The number of pyridine rings is 2. The van der Waals surface area contributed by atoms with E-state index in [1.807, 2.05) is 6.07 Å². The predicted molar refractivity (Wildman–Crippen MR) is 101 cm³/mol. The molecule has 0 spiro atoms. The molecular formula is C20H25N3O5. The van der Waals surface area contributed by atoms with Crippen LogP contribution in [-0.4, -0.2) is 55.5 Å². The number of nitrogens with zero attached hydrogens (tertiary/aromatic N) is 2. The fourth-order valence-corrected chi connectivity index (χ4v) is 2.70. The van der Waals surface area contributed by atoms with E-state index in [-0.39, 0.29) is 12.0 Å². The van der Waals surface area contributed by atoms with Crippen molar-refractivity contribution in [1.82, 2.24) is 15.3 Å². The van der Waals surface area contributed by atoms with Crippen LogP contribution < -0.4 is 14.8 Å². The van der Waals surface area contributed by atoms with Crippen molar-refractivity contribution < 1.29 is 23.7 Å². The number of rotatable bonds is 9. The fraction of sp³-hybridized carbons (Fsp3) is 0.450. The van der Waals surface area contributed by atoms with Crippen molar-refractivity contribution in [3.05, 3.63) is 47.8 Å². The van der Waals surface area contributed by atoms with Gasteiger partial charge in [-0.3, -0.25) is 4.79 Å². The molecule has 2 aromatic heterocycles. The first kappa shape index (κ1) is 20.0. The van der Waals surface area contributed by atoms with Gasteiger partial charge in [-0.25, -0.2) is 9.97 Å². The number of nitrogens with one attached hydrogen (secondary N) is 1. The van der Waals surface area contributed by atoms with Gasteiger partial charge in [-0.05, 0) is 17.7 Å². The number of carbonyl (C=O) groups excluding carboxylic acids is 1. The zero-order valence-corrected chi connectivity index (χ0v) is 15.9. The van der Waals surface area contributed by atoms with Crippen LogP contribution in [0.5, 0.6) is 11.8 Å². The number of ether oxygens (including phenoxy) is 4. The maximum Gasteiger partial charge on any atom is 0.253 e. The van der Waals surface area contributed by atoms with E-state index in [0.717, 1.165) is 18.4 Å². The first-order valence-electron chi connectivity index (χ1n) is 9.30. The third kappa shape index (κ3) is 6.17. The second-order valence-corrected chi connectivity index (χ2v) is 6.34. The number of aromatic nitrogens is 2. The van der Waals surface area contributed by atoms with Crippen molar-refractivity contribution in [3.63, 3.8) is 0 Å². The minimum Gasteiger partial charge on any atom is -0.475 e. The van der Waals surface area contributed by atoms with Gasteiger partial charge in [-0.15, -0.1) is 0 Å². The average Bonchev–Trinajstić information content (AvgIpc) is 2.74. The van der Waals surface area contributed by atoms with E-state index in [2.05, 4.69) is 15.3 Å². The lowest BCUT2D eigenvalue weighted by Crippen LogP contribution is -2.26. The van der Waals surface area contributed by atoms with Crippen molar-refractivity contribution in [2.45, 2.75) is 25.5 Å². The minimum absolute atomic E-state index is 0.118. The molecule has 1 amide bonds. The SMILES string of the molecule is COCCOc1cc(CNC(=O)c2ccc(OC3CCOCC3)nc2)ccn1. The van der Waals surface area contributed by atoms with Crippen molar-refractivity contribution in [2.24, 2.45) is 0 Å². The van der Waals surface area contributed by atoms with Crippen LogP contribution >= 0.6 is 0 Å². The highest BCUT2D eigenvalue weighted by molar-refractivity contribution is 5.93. The molecule has 1 aliphatic heterocycles. The van der Waals surface area contributed by atoms with E-state index in [1.165, 1.54) is 6.20 Å². The second kappa shape index (κ2) is 10.6. The Balaban J connectivity index is 1.48. The molecule has 3 rings (SSSR count). The van der Waals surface area contributed by atoms with Crippen LogP contribution in [0.4, 0.5) is 0 Å². The Kier molecular flexibility index (Phi) is 7.57. The number of carbonyl (C=O) groups is 1. The number of hydrogen-bond acceptors (Lipinski definition) is 7. The molecule has 8 heteroatoms. The summed E-state index contributed by atoms with van der Waals surface area (Å²) in [5.41, 5.74) is 1.37. The van der Waals surface area contributed by atoms with Crippen LogP contribution in [0.25, 0.3) is 0 Å². The largest absolute Gasteiger partial charge is 0.475 e. The zero-order chi connectivity index (χ0) is 19.6. The lowest BCUT2D eigenvalue weighted by molar-refractivity contribution is 0.0237. The maximum atomic E-state index is 12.3. The van der Waals surface area contributed by atoms with Gasteiger partial charge in [0.05, 0.1) is 25.4 Å². The first-order chi connectivity index (χ1) is 13.7. The lowest BCUT2D eigenvalue weighted by Gasteiger charge is -2.22. The molecule has 28 heavy (non-hydrogen) atoms. The van der Waals surface area contributed by atoms with E-state index in [4.69, 9.17) is 18.9 Å². The monoisotopic (exact) mass is 387 g/mol. The average molecular weight is 387 g/mol. The van der Waals surface area contributed by atoms with Gasteiger partial charge in [0, 0.05) is 51.0 Å². The van der Waals surface area contributed by atoms with Crippen molar-refractivity contribution in [2.75, 3.05) is 33.5 Å². The van der Waals surface area contributed by atoms with Crippen LogP contribution in [0.1, 0.15) is 28.8 Å². The van der Waals surface area contributed by atoms with Gasteiger partial charge in [0.1, 0.15) is 12.7 Å². The summed E-state index contributed by atoms with van der Waals surface area (Å²) in [6.45, 7) is 2.69. The topological polar surface area (TPSA) is 91.8 Å². The molecule has 0 radical (unpaired) electrons. The summed E-state index contributed by atoms with van der Waals surface area (Å²) in [7, 11) is 1.61. The minimum atomic E-state index is -0.205. The lowest BCUT2D eigenvalue weighted by atomic mass is 10.1. The molecule has 2 aromatic rings.